The maximum atomic E-state index is 12.6. The first-order chi connectivity index (χ1) is 11.0. The van der Waals surface area contributed by atoms with Crippen molar-refractivity contribution in [1.29, 1.82) is 0 Å². The van der Waals surface area contributed by atoms with Gasteiger partial charge in [0.2, 0.25) is 0 Å². The van der Waals surface area contributed by atoms with E-state index in [4.69, 9.17) is 9.47 Å². The summed E-state index contributed by atoms with van der Waals surface area (Å²) >= 11 is 0. The Kier molecular flexibility index (Phi) is 11.8. The molecule has 0 aliphatic carbocycles. The van der Waals surface area contributed by atoms with Gasteiger partial charge in [0.15, 0.2) is 5.41 Å². The molecule has 0 spiro atoms. The fourth-order valence-corrected chi connectivity index (χ4v) is 2.57. The van der Waals surface area contributed by atoms with E-state index in [9.17, 15) is 9.59 Å². The molecule has 1 atom stereocenters. The fourth-order valence-electron chi connectivity index (χ4n) is 2.57. The molecule has 0 aromatic heterocycles. The molecule has 0 aliphatic heterocycles. The van der Waals surface area contributed by atoms with Crippen LogP contribution >= 0.6 is 0 Å². The van der Waals surface area contributed by atoms with Crippen LogP contribution in [-0.4, -0.2) is 24.6 Å². The molecular formula is C19H36O4. The summed E-state index contributed by atoms with van der Waals surface area (Å²) in [6.45, 7) is 10.2. The van der Waals surface area contributed by atoms with E-state index >= 15 is 0 Å². The van der Waals surface area contributed by atoms with Crippen LogP contribution in [0, 0.1) is 5.41 Å². The van der Waals surface area contributed by atoms with E-state index in [1.54, 1.807) is 0 Å². The maximum Gasteiger partial charge on any atom is 0.323 e. The number of unbranched alkanes of at least 4 members (excludes halogenated alkanes) is 4. The van der Waals surface area contributed by atoms with Crippen LogP contribution in [-0.2, 0) is 19.1 Å². The summed E-state index contributed by atoms with van der Waals surface area (Å²) in [5.41, 5.74) is -1.15. The van der Waals surface area contributed by atoms with E-state index in [2.05, 4.69) is 6.92 Å². The second kappa shape index (κ2) is 12.4. The van der Waals surface area contributed by atoms with E-state index in [1.807, 2.05) is 27.7 Å². The van der Waals surface area contributed by atoms with Crippen LogP contribution in [0.2, 0.25) is 0 Å². The molecule has 0 saturated heterocycles. The Morgan fingerprint density at radius 2 is 1.48 bits per heavy atom. The zero-order chi connectivity index (χ0) is 17.7. The summed E-state index contributed by atoms with van der Waals surface area (Å²) in [6.07, 6.45) is 7.89. The quantitative estimate of drug-likeness (QED) is 0.270. The zero-order valence-electron chi connectivity index (χ0n) is 15.8. The summed E-state index contributed by atoms with van der Waals surface area (Å²) < 4.78 is 10.9. The summed E-state index contributed by atoms with van der Waals surface area (Å²) in [6, 6.07) is 0. The van der Waals surface area contributed by atoms with Crippen LogP contribution < -0.4 is 0 Å². The Bertz CT molecular complexity index is 334. The number of hydrogen-bond donors (Lipinski definition) is 0. The van der Waals surface area contributed by atoms with Gasteiger partial charge in [0.1, 0.15) is 0 Å². The second-order valence-corrected chi connectivity index (χ2v) is 6.34. The summed E-state index contributed by atoms with van der Waals surface area (Å²) in [7, 11) is 0. The molecule has 0 aliphatic rings. The van der Waals surface area contributed by atoms with E-state index in [0.717, 1.165) is 32.1 Å². The molecule has 0 rings (SSSR count). The minimum Gasteiger partial charge on any atom is -0.465 e. The van der Waals surface area contributed by atoms with Crippen LogP contribution in [0.15, 0.2) is 0 Å². The Balaban J connectivity index is 4.61. The highest BCUT2D eigenvalue weighted by Crippen LogP contribution is 2.31. The average Bonchev–Trinajstić information content (AvgIpc) is 2.53. The van der Waals surface area contributed by atoms with Crippen molar-refractivity contribution in [1.82, 2.24) is 0 Å². The van der Waals surface area contributed by atoms with Gasteiger partial charge in [-0.3, -0.25) is 9.59 Å². The molecule has 136 valence electrons. The van der Waals surface area contributed by atoms with Crippen molar-refractivity contribution in [2.45, 2.75) is 98.5 Å². The van der Waals surface area contributed by atoms with Crippen molar-refractivity contribution in [2.24, 2.45) is 5.41 Å². The molecule has 4 heteroatoms. The number of carbonyl (C=O) groups is 2. The molecule has 0 radical (unpaired) electrons. The zero-order valence-corrected chi connectivity index (χ0v) is 15.8. The molecule has 0 bridgehead atoms. The van der Waals surface area contributed by atoms with Crippen molar-refractivity contribution in [3.05, 3.63) is 0 Å². The van der Waals surface area contributed by atoms with Crippen molar-refractivity contribution in [3.63, 3.8) is 0 Å². The smallest absolute Gasteiger partial charge is 0.323 e. The molecule has 0 heterocycles. The van der Waals surface area contributed by atoms with Crippen molar-refractivity contribution >= 4 is 11.9 Å². The van der Waals surface area contributed by atoms with E-state index < -0.39 is 17.4 Å². The van der Waals surface area contributed by atoms with Crippen molar-refractivity contribution in [2.75, 3.05) is 6.61 Å². The molecule has 0 fully saturated rings. The first kappa shape index (κ1) is 21.9. The maximum absolute atomic E-state index is 12.6. The lowest BCUT2D eigenvalue weighted by molar-refractivity contribution is -0.176. The Hall–Kier alpha value is -1.06. The molecule has 0 amide bonds. The monoisotopic (exact) mass is 328 g/mol. The van der Waals surface area contributed by atoms with Gasteiger partial charge in [-0.2, -0.15) is 0 Å². The topological polar surface area (TPSA) is 52.6 Å². The number of hydrogen-bond acceptors (Lipinski definition) is 4. The van der Waals surface area contributed by atoms with Gasteiger partial charge in [0.25, 0.3) is 0 Å². The number of ether oxygens (including phenoxy) is 2. The molecule has 1 unspecified atom stereocenters. The fraction of sp³-hybridized carbons (Fsp3) is 0.895. The minimum absolute atomic E-state index is 0.153. The highest BCUT2D eigenvalue weighted by Gasteiger charge is 2.46. The predicted molar refractivity (Wildman–Crippen MR) is 93.2 cm³/mol. The Morgan fingerprint density at radius 1 is 0.870 bits per heavy atom. The van der Waals surface area contributed by atoms with Gasteiger partial charge in [-0.25, -0.2) is 0 Å². The molecule has 0 aromatic rings. The Labute approximate surface area is 142 Å². The third kappa shape index (κ3) is 7.36. The Morgan fingerprint density at radius 3 is 2.00 bits per heavy atom. The highest BCUT2D eigenvalue weighted by molar-refractivity contribution is 6.00. The molecule has 0 aromatic carbocycles. The number of esters is 2. The highest BCUT2D eigenvalue weighted by atomic mass is 16.6. The first-order valence-corrected chi connectivity index (χ1v) is 9.36. The standard InChI is InChI=1S/C19H36O4/c1-6-10-12-13-14-16(5)23-18(21)19(8-3,9-4)17(20)22-15-11-7-2/h16H,6-15H2,1-5H3. The molecule has 23 heavy (non-hydrogen) atoms. The lowest BCUT2D eigenvalue weighted by Gasteiger charge is -2.28. The second-order valence-electron chi connectivity index (χ2n) is 6.34. The molecule has 0 N–H and O–H groups in total. The minimum atomic E-state index is -1.15. The van der Waals surface area contributed by atoms with Gasteiger partial charge in [-0.05, 0) is 39.0 Å². The number of carbonyl (C=O) groups excluding carboxylic acids is 2. The lowest BCUT2D eigenvalue weighted by Crippen LogP contribution is -2.42. The third-order valence-corrected chi connectivity index (χ3v) is 4.49. The summed E-state index contributed by atoms with van der Waals surface area (Å²) in [5, 5.41) is 0. The van der Waals surface area contributed by atoms with Crippen LogP contribution in [0.1, 0.15) is 92.4 Å². The van der Waals surface area contributed by atoms with Crippen LogP contribution in [0.3, 0.4) is 0 Å². The number of rotatable bonds is 13. The van der Waals surface area contributed by atoms with Gasteiger partial charge in [0, 0.05) is 0 Å². The van der Waals surface area contributed by atoms with Crippen LogP contribution in [0.4, 0.5) is 0 Å². The van der Waals surface area contributed by atoms with Crippen molar-refractivity contribution < 1.29 is 19.1 Å². The normalized spacial score (nSPS) is 12.7. The SMILES string of the molecule is CCCCCCC(C)OC(=O)C(CC)(CC)C(=O)OCCCC. The van der Waals surface area contributed by atoms with Gasteiger partial charge in [-0.15, -0.1) is 0 Å². The van der Waals surface area contributed by atoms with Crippen LogP contribution in [0.25, 0.3) is 0 Å². The largest absolute Gasteiger partial charge is 0.465 e. The van der Waals surface area contributed by atoms with Gasteiger partial charge < -0.3 is 9.47 Å². The van der Waals surface area contributed by atoms with E-state index in [-0.39, 0.29) is 6.10 Å². The first-order valence-electron chi connectivity index (χ1n) is 9.36. The predicted octanol–water partition coefficient (Wildman–Crippen LogP) is 5.04. The summed E-state index contributed by atoms with van der Waals surface area (Å²) in [4.78, 5) is 25.0. The van der Waals surface area contributed by atoms with Gasteiger partial charge in [-0.1, -0.05) is 53.4 Å². The summed E-state index contributed by atoms with van der Waals surface area (Å²) in [5.74, 6) is -0.855. The van der Waals surface area contributed by atoms with Crippen molar-refractivity contribution in [3.8, 4) is 0 Å². The molecule has 0 saturated carbocycles. The molecule has 4 nitrogen and oxygen atoms in total. The average molecular weight is 328 g/mol. The van der Waals surface area contributed by atoms with E-state index in [0.29, 0.717) is 19.4 Å². The van der Waals surface area contributed by atoms with Crippen LogP contribution in [0.5, 0.6) is 0 Å². The molecular weight excluding hydrogens is 292 g/mol. The van der Waals surface area contributed by atoms with E-state index in [1.165, 1.54) is 12.8 Å². The van der Waals surface area contributed by atoms with Gasteiger partial charge >= 0.3 is 11.9 Å². The van der Waals surface area contributed by atoms with Gasteiger partial charge in [0.05, 0.1) is 12.7 Å². The lowest BCUT2D eigenvalue weighted by atomic mass is 9.82. The third-order valence-electron chi connectivity index (χ3n) is 4.49.